The van der Waals surface area contributed by atoms with Gasteiger partial charge < -0.3 is 14.6 Å². The molecule has 0 amide bonds. The van der Waals surface area contributed by atoms with Crippen LogP contribution >= 0.6 is 0 Å². The van der Waals surface area contributed by atoms with Crippen LogP contribution in [-0.4, -0.2) is 30.7 Å². The van der Waals surface area contributed by atoms with E-state index in [9.17, 15) is 9.90 Å². The van der Waals surface area contributed by atoms with Crippen molar-refractivity contribution < 1.29 is 19.4 Å². The predicted molar refractivity (Wildman–Crippen MR) is 69.4 cm³/mol. The van der Waals surface area contributed by atoms with Crippen LogP contribution in [-0.2, 0) is 0 Å². The van der Waals surface area contributed by atoms with E-state index in [0.717, 1.165) is 0 Å². The molecule has 100 valence electrons. The van der Waals surface area contributed by atoms with Crippen LogP contribution in [0.4, 0.5) is 0 Å². The van der Waals surface area contributed by atoms with Crippen molar-refractivity contribution in [1.82, 2.24) is 0 Å². The number of hydrogen-bond acceptors (Lipinski definition) is 4. The predicted octanol–water partition coefficient (Wildman–Crippen LogP) is 2.44. The van der Waals surface area contributed by atoms with Gasteiger partial charge in [0, 0.05) is 6.07 Å². The van der Waals surface area contributed by atoms with Gasteiger partial charge in [-0.15, -0.1) is 0 Å². The molecule has 18 heavy (non-hydrogen) atoms. The average molecular weight is 252 g/mol. The van der Waals surface area contributed by atoms with E-state index in [4.69, 9.17) is 9.47 Å². The van der Waals surface area contributed by atoms with Crippen LogP contribution in [0.15, 0.2) is 18.2 Å². The molecule has 0 bridgehead atoms. The minimum absolute atomic E-state index is 0.313. The summed E-state index contributed by atoms with van der Waals surface area (Å²) >= 11 is 0. The molecule has 0 saturated carbocycles. The quantitative estimate of drug-likeness (QED) is 0.790. The molecule has 1 aromatic rings. The van der Waals surface area contributed by atoms with E-state index in [0.29, 0.717) is 29.9 Å². The van der Waals surface area contributed by atoms with Gasteiger partial charge in [-0.1, -0.05) is 13.8 Å². The highest BCUT2D eigenvalue weighted by atomic mass is 16.5. The number of ketones is 1. The molecule has 1 N–H and O–H groups in total. The third kappa shape index (κ3) is 2.64. The van der Waals surface area contributed by atoms with Gasteiger partial charge in [0.15, 0.2) is 5.78 Å². The Morgan fingerprint density at radius 3 is 2.28 bits per heavy atom. The maximum absolute atomic E-state index is 12.3. The molecule has 0 heterocycles. The van der Waals surface area contributed by atoms with Crippen molar-refractivity contribution >= 4 is 5.78 Å². The Hall–Kier alpha value is -1.55. The molecule has 1 aromatic carbocycles. The van der Waals surface area contributed by atoms with Crippen molar-refractivity contribution in [2.24, 2.45) is 0 Å². The van der Waals surface area contributed by atoms with E-state index in [1.54, 1.807) is 39.2 Å². The summed E-state index contributed by atoms with van der Waals surface area (Å²) < 4.78 is 10.3. The van der Waals surface area contributed by atoms with E-state index in [1.165, 1.54) is 7.11 Å². The van der Waals surface area contributed by atoms with Crippen LogP contribution in [0, 0.1) is 0 Å². The second kappa shape index (κ2) is 5.87. The second-order valence-corrected chi connectivity index (χ2v) is 4.13. The first-order valence-electron chi connectivity index (χ1n) is 6.01. The zero-order valence-electron chi connectivity index (χ0n) is 11.3. The molecule has 0 aliphatic carbocycles. The van der Waals surface area contributed by atoms with Gasteiger partial charge in [0.2, 0.25) is 0 Å². The molecule has 0 fully saturated rings. The number of rotatable bonds is 6. The standard InChI is InChI=1S/C14H20O4/c1-5-14(16,6-2)13(15)11-8-7-10(17-3)9-12(11)18-4/h7-9,16H,5-6H2,1-4H3. The summed E-state index contributed by atoms with van der Waals surface area (Å²) in [6.07, 6.45) is 0.745. The van der Waals surface area contributed by atoms with Crippen molar-refractivity contribution in [3.05, 3.63) is 23.8 Å². The van der Waals surface area contributed by atoms with E-state index < -0.39 is 5.60 Å². The molecule has 0 aliphatic heterocycles. The Morgan fingerprint density at radius 1 is 1.22 bits per heavy atom. The summed E-state index contributed by atoms with van der Waals surface area (Å²) in [7, 11) is 3.03. The number of carbonyl (C=O) groups is 1. The minimum Gasteiger partial charge on any atom is -0.497 e. The first kappa shape index (κ1) is 14.5. The lowest BCUT2D eigenvalue weighted by Gasteiger charge is -2.24. The molecule has 0 atom stereocenters. The molecular formula is C14H20O4. The lowest BCUT2D eigenvalue weighted by molar-refractivity contribution is 0.0275. The summed E-state index contributed by atoms with van der Waals surface area (Å²) in [6, 6.07) is 4.94. The Bertz CT molecular complexity index is 422. The zero-order chi connectivity index (χ0) is 13.8. The van der Waals surface area contributed by atoms with E-state index >= 15 is 0 Å². The van der Waals surface area contributed by atoms with Crippen molar-refractivity contribution in [1.29, 1.82) is 0 Å². The van der Waals surface area contributed by atoms with E-state index in [2.05, 4.69) is 0 Å². The topological polar surface area (TPSA) is 55.8 Å². The summed E-state index contributed by atoms with van der Waals surface area (Å²) in [6.45, 7) is 3.58. The van der Waals surface area contributed by atoms with Crippen molar-refractivity contribution in [3.8, 4) is 11.5 Å². The Kier molecular flexibility index (Phi) is 4.73. The highest BCUT2D eigenvalue weighted by Gasteiger charge is 2.34. The molecular weight excluding hydrogens is 232 g/mol. The summed E-state index contributed by atoms with van der Waals surface area (Å²) in [4.78, 5) is 12.3. The van der Waals surface area contributed by atoms with Crippen LogP contribution in [0.2, 0.25) is 0 Å². The van der Waals surface area contributed by atoms with Gasteiger partial charge in [-0.3, -0.25) is 4.79 Å². The summed E-state index contributed by atoms with van der Waals surface area (Å²) in [5.74, 6) is 0.714. The summed E-state index contributed by atoms with van der Waals surface area (Å²) in [5, 5.41) is 10.3. The van der Waals surface area contributed by atoms with Gasteiger partial charge in [0.25, 0.3) is 0 Å². The molecule has 0 spiro atoms. The van der Waals surface area contributed by atoms with Crippen LogP contribution in [0.25, 0.3) is 0 Å². The van der Waals surface area contributed by atoms with Crippen LogP contribution < -0.4 is 9.47 Å². The number of aliphatic hydroxyl groups is 1. The Balaban J connectivity index is 3.20. The fourth-order valence-corrected chi connectivity index (χ4v) is 1.81. The van der Waals surface area contributed by atoms with Gasteiger partial charge in [-0.2, -0.15) is 0 Å². The van der Waals surface area contributed by atoms with Crippen LogP contribution in [0.1, 0.15) is 37.0 Å². The number of benzene rings is 1. The highest BCUT2D eigenvalue weighted by Crippen LogP contribution is 2.30. The van der Waals surface area contributed by atoms with Gasteiger partial charge in [-0.25, -0.2) is 0 Å². The SMILES string of the molecule is CCC(O)(CC)C(=O)c1ccc(OC)cc1OC. The average Bonchev–Trinajstić information content (AvgIpc) is 2.44. The fraction of sp³-hybridized carbons (Fsp3) is 0.500. The smallest absolute Gasteiger partial charge is 0.198 e. The molecule has 1 rings (SSSR count). The number of methoxy groups -OCH3 is 2. The molecule has 0 saturated heterocycles. The molecule has 0 aromatic heterocycles. The Morgan fingerprint density at radius 2 is 1.83 bits per heavy atom. The summed E-state index contributed by atoms with van der Waals surface area (Å²) in [5.41, 5.74) is -0.952. The largest absolute Gasteiger partial charge is 0.497 e. The Labute approximate surface area is 108 Å². The van der Waals surface area contributed by atoms with Crippen LogP contribution in [0.5, 0.6) is 11.5 Å². The van der Waals surface area contributed by atoms with E-state index in [1.807, 2.05) is 0 Å². The molecule has 4 nitrogen and oxygen atoms in total. The molecule has 4 heteroatoms. The van der Waals surface area contributed by atoms with Crippen molar-refractivity contribution in [3.63, 3.8) is 0 Å². The fourth-order valence-electron chi connectivity index (χ4n) is 1.81. The maximum atomic E-state index is 12.3. The van der Waals surface area contributed by atoms with Gasteiger partial charge in [-0.05, 0) is 25.0 Å². The zero-order valence-corrected chi connectivity index (χ0v) is 11.3. The molecule has 0 aliphatic rings. The second-order valence-electron chi connectivity index (χ2n) is 4.13. The van der Waals surface area contributed by atoms with Crippen molar-refractivity contribution in [2.75, 3.05) is 14.2 Å². The first-order valence-corrected chi connectivity index (χ1v) is 6.01. The third-order valence-electron chi connectivity index (χ3n) is 3.25. The lowest BCUT2D eigenvalue weighted by atomic mass is 9.87. The van der Waals surface area contributed by atoms with Gasteiger partial charge in [0.1, 0.15) is 17.1 Å². The van der Waals surface area contributed by atoms with Gasteiger partial charge in [0.05, 0.1) is 19.8 Å². The van der Waals surface area contributed by atoms with Crippen molar-refractivity contribution in [2.45, 2.75) is 32.3 Å². The monoisotopic (exact) mass is 252 g/mol. The highest BCUT2D eigenvalue weighted by molar-refractivity contribution is 6.04. The van der Waals surface area contributed by atoms with E-state index in [-0.39, 0.29) is 5.78 Å². The van der Waals surface area contributed by atoms with Crippen LogP contribution in [0.3, 0.4) is 0 Å². The molecule has 0 unspecified atom stereocenters. The lowest BCUT2D eigenvalue weighted by Crippen LogP contribution is -2.37. The number of carbonyl (C=O) groups excluding carboxylic acids is 1. The van der Waals surface area contributed by atoms with Gasteiger partial charge >= 0.3 is 0 Å². The minimum atomic E-state index is -1.33. The first-order chi connectivity index (χ1) is 8.52. The number of hydrogen-bond donors (Lipinski definition) is 1. The third-order valence-corrected chi connectivity index (χ3v) is 3.25. The number of ether oxygens (including phenoxy) is 2. The normalized spacial score (nSPS) is 11.2. The number of Topliss-reactive ketones (excluding diaryl/α,β-unsaturated/α-hetero) is 1. The molecule has 0 radical (unpaired) electrons. The maximum Gasteiger partial charge on any atom is 0.198 e.